The Bertz CT molecular complexity index is 1260. The van der Waals surface area contributed by atoms with Crippen LogP contribution < -0.4 is 14.2 Å². The van der Waals surface area contributed by atoms with Crippen LogP contribution in [0.25, 0.3) is 10.8 Å². The summed E-state index contributed by atoms with van der Waals surface area (Å²) in [4.78, 5) is 0. The second-order valence-corrected chi connectivity index (χ2v) is 8.01. The lowest BCUT2D eigenvalue weighted by molar-refractivity contribution is 0.215. The summed E-state index contributed by atoms with van der Waals surface area (Å²) in [6, 6.07) is 21.8. The topological polar surface area (TPSA) is 27.7 Å². The highest BCUT2D eigenvalue weighted by atomic mass is 19.1. The average Bonchev–Trinajstić information content (AvgIpc) is 2.83. The van der Waals surface area contributed by atoms with Crippen LogP contribution in [0.1, 0.15) is 16.7 Å². The molecule has 4 aromatic rings. The molecule has 0 amide bonds. The van der Waals surface area contributed by atoms with Crippen molar-refractivity contribution >= 4 is 10.8 Å². The lowest BCUT2D eigenvalue weighted by Crippen LogP contribution is -2.40. The first-order valence-electron chi connectivity index (χ1n) is 10.4. The van der Waals surface area contributed by atoms with Gasteiger partial charge >= 0.3 is 0 Å². The number of rotatable bonds is 4. The molecule has 0 N–H and O–H groups in total. The van der Waals surface area contributed by atoms with Crippen molar-refractivity contribution in [3.8, 4) is 17.2 Å². The summed E-state index contributed by atoms with van der Waals surface area (Å²) in [6.45, 7) is 0.246. The van der Waals surface area contributed by atoms with E-state index in [1.807, 2.05) is 42.5 Å². The third-order valence-corrected chi connectivity index (χ3v) is 6.36. The number of benzene rings is 4. The van der Waals surface area contributed by atoms with Gasteiger partial charge in [-0.2, -0.15) is 0 Å². The van der Waals surface area contributed by atoms with Crippen molar-refractivity contribution in [1.82, 2.24) is 0 Å². The van der Waals surface area contributed by atoms with E-state index >= 15 is 0 Å². The van der Waals surface area contributed by atoms with Gasteiger partial charge in [0.15, 0.2) is 23.1 Å². The monoisotopic (exact) mass is 432 g/mol. The Labute approximate surface area is 185 Å². The van der Waals surface area contributed by atoms with E-state index in [0.29, 0.717) is 17.5 Å². The number of hydrogen-bond donors (Lipinski definition) is 0. The molecule has 0 aliphatic carbocycles. The molecule has 3 nitrogen and oxygen atoms in total. The molecule has 1 aliphatic rings. The zero-order chi connectivity index (χ0) is 22.3. The summed E-state index contributed by atoms with van der Waals surface area (Å²) in [5.74, 6) is 0.172. The van der Waals surface area contributed by atoms with Gasteiger partial charge in [-0.05, 0) is 58.7 Å². The van der Waals surface area contributed by atoms with Gasteiger partial charge in [0.2, 0.25) is 0 Å². The first kappa shape index (κ1) is 20.3. The number of hydrogen-bond acceptors (Lipinski definition) is 3. The van der Waals surface area contributed by atoms with Crippen LogP contribution in [0, 0.1) is 11.6 Å². The molecule has 0 unspecified atom stereocenters. The maximum atomic E-state index is 14.8. The fraction of sp³-hybridized carbons (Fsp3) is 0.185. The van der Waals surface area contributed by atoms with Crippen LogP contribution in [-0.4, -0.2) is 20.8 Å². The van der Waals surface area contributed by atoms with Crippen molar-refractivity contribution in [3.63, 3.8) is 0 Å². The molecule has 0 spiro atoms. The highest BCUT2D eigenvalue weighted by Gasteiger charge is 2.41. The van der Waals surface area contributed by atoms with Crippen molar-refractivity contribution in [2.24, 2.45) is 0 Å². The summed E-state index contributed by atoms with van der Waals surface area (Å²) < 4.78 is 46.0. The molecule has 0 atom stereocenters. The zero-order valence-corrected chi connectivity index (χ0v) is 17.8. The van der Waals surface area contributed by atoms with Gasteiger partial charge in [0.05, 0.1) is 19.6 Å². The molecule has 0 bridgehead atoms. The second-order valence-electron chi connectivity index (χ2n) is 8.01. The fourth-order valence-electron chi connectivity index (χ4n) is 4.65. The highest BCUT2D eigenvalue weighted by Crippen LogP contribution is 2.45. The van der Waals surface area contributed by atoms with Crippen LogP contribution in [-0.2, 0) is 11.8 Å². The molecule has 5 rings (SSSR count). The quantitative estimate of drug-likeness (QED) is 0.393. The van der Waals surface area contributed by atoms with Crippen LogP contribution in [0.2, 0.25) is 0 Å². The lowest BCUT2D eigenvalue weighted by atomic mass is 9.69. The molecular weight excluding hydrogens is 410 g/mol. The van der Waals surface area contributed by atoms with Crippen molar-refractivity contribution in [2.75, 3.05) is 20.8 Å². The largest absolute Gasteiger partial charge is 0.494 e. The van der Waals surface area contributed by atoms with Gasteiger partial charge in [0.25, 0.3) is 0 Å². The van der Waals surface area contributed by atoms with Gasteiger partial charge < -0.3 is 14.2 Å². The maximum absolute atomic E-state index is 14.8. The third-order valence-electron chi connectivity index (χ3n) is 6.36. The van der Waals surface area contributed by atoms with Crippen LogP contribution in [0.3, 0.4) is 0 Å². The molecule has 5 heteroatoms. The molecule has 1 aliphatic heterocycles. The molecule has 32 heavy (non-hydrogen) atoms. The number of methoxy groups -OCH3 is 2. The lowest BCUT2D eigenvalue weighted by Gasteiger charge is -2.39. The van der Waals surface area contributed by atoms with E-state index in [2.05, 4.69) is 6.07 Å². The molecule has 0 radical (unpaired) electrons. The molecular formula is C27H22F2O3. The van der Waals surface area contributed by atoms with Crippen molar-refractivity contribution < 1.29 is 23.0 Å². The van der Waals surface area contributed by atoms with Crippen LogP contribution in [0.15, 0.2) is 72.8 Å². The Morgan fingerprint density at radius 2 is 1.41 bits per heavy atom. The van der Waals surface area contributed by atoms with Gasteiger partial charge in [-0.25, -0.2) is 8.78 Å². The molecule has 0 aromatic heterocycles. The second kappa shape index (κ2) is 7.83. The van der Waals surface area contributed by atoms with Crippen LogP contribution in [0.4, 0.5) is 8.78 Å². The third kappa shape index (κ3) is 3.16. The summed E-state index contributed by atoms with van der Waals surface area (Å²) in [5, 5.41) is 2.16. The summed E-state index contributed by atoms with van der Waals surface area (Å²) in [5.41, 5.74) is 1.61. The summed E-state index contributed by atoms with van der Waals surface area (Å²) in [6.07, 6.45) is 0.529. The summed E-state index contributed by atoms with van der Waals surface area (Å²) >= 11 is 0. The number of halogens is 2. The number of fused-ring (bicyclic) bond motifs is 3. The summed E-state index contributed by atoms with van der Waals surface area (Å²) in [7, 11) is 2.86. The normalized spacial score (nSPS) is 14.5. The molecule has 4 aromatic carbocycles. The minimum atomic E-state index is -0.794. The standard InChI is InChI=1S/C27H22F2O3/c1-30-25-11-8-18(13-22(25)28)27(19-9-12-26(31-2)23(29)14-19)15-21-20-6-4-3-5-17(20)7-10-24(21)32-16-27/h3-14H,15-16H2,1-2H3. The predicted octanol–water partition coefficient (Wildman–Crippen LogP) is 6.06. The Balaban J connectivity index is 1.74. The maximum Gasteiger partial charge on any atom is 0.165 e. The zero-order valence-electron chi connectivity index (χ0n) is 17.8. The minimum absolute atomic E-state index is 0.160. The molecule has 0 saturated heterocycles. The first-order valence-corrected chi connectivity index (χ1v) is 10.4. The van der Waals surface area contributed by atoms with E-state index in [-0.39, 0.29) is 18.1 Å². The van der Waals surface area contributed by atoms with Gasteiger partial charge in [0, 0.05) is 5.56 Å². The van der Waals surface area contributed by atoms with Gasteiger partial charge in [-0.15, -0.1) is 0 Å². The van der Waals surface area contributed by atoms with E-state index in [1.165, 1.54) is 26.4 Å². The Morgan fingerprint density at radius 3 is 2.00 bits per heavy atom. The van der Waals surface area contributed by atoms with E-state index in [1.54, 1.807) is 12.1 Å². The number of ether oxygens (including phenoxy) is 3. The highest BCUT2D eigenvalue weighted by molar-refractivity contribution is 5.88. The smallest absolute Gasteiger partial charge is 0.165 e. The van der Waals surface area contributed by atoms with E-state index in [9.17, 15) is 8.78 Å². The van der Waals surface area contributed by atoms with Crippen LogP contribution >= 0.6 is 0 Å². The first-order chi connectivity index (χ1) is 15.6. The average molecular weight is 432 g/mol. The molecule has 1 heterocycles. The Kier molecular flexibility index (Phi) is 4.97. The SMILES string of the molecule is COc1ccc(C2(c3ccc(OC)c(F)c3)COc3ccc4ccccc4c3C2)cc1F. The molecule has 162 valence electrons. The van der Waals surface area contributed by atoms with Crippen molar-refractivity contribution in [2.45, 2.75) is 11.8 Å². The predicted molar refractivity (Wildman–Crippen MR) is 120 cm³/mol. The Hall–Kier alpha value is -3.60. The molecule has 0 fully saturated rings. The van der Waals surface area contributed by atoms with E-state index < -0.39 is 17.0 Å². The van der Waals surface area contributed by atoms with Crippen molar-refractivity contribution in [3.05, 3.63) is 101 Å². The van der Waals surface area contributed by atoms with Gasteiger partial charge in [0.1, 0.15) is 12.4 Å². The Morgan fingerprint density at radius 1 is 0.781 bits per heavy atom. The molecule has 0 saturated carbocycles. The minimum Gasteiger partial charge on any atom is -0.494 e. The van der Waals surface area contributed by atoms with E-state index in [4.69, 9.17) is 14.2 Å². The van der Waals surface area contributed by atoms with Crippen molar-refractivity contribution in [1.29, 1.82) is 0 Å². The van der Waals surface area contributed by atoms with E-state index in [0.717, 1.165) is 22.1 Å². The van der Waals surface area contributed by atoms with Gasteiger partial charge in [-0.1, -0.05) is 42.5 Å². The van der Waals surface area contributed by atoms with Gasteiger partial charge in [-0.3, -0.25) is 0 Å². The van der Waals surface area contributed by atoms with Crippen LogP contribution in [0.5, 0.6) is 17.2 Å². The fourth-order valence-corrected chi connectivity index (χ4v) is 4.65.